The van der Waals surface area contributed by atoms with Gasteiger partial charge >= 0.3 is 0 Å². The first-order valence-corrected chi connectivity index (χ1v) is 10.5. The fraction of sp³-hybridized carbons (Fsp3) is 0.278. The molecule has 0 aliphatic heterocycles. The van der Waals surface area contributed by atoms with Crippen molar-refractivity contribution in [3.63, 3.8) is 0 Å². The summed E-state index contributed by atoms with van der Waals surface area (Å²) in [7, 11) is -2.23. The van der Waals surface area contributed by atoms with Crippen LogP contribution in [0.25, 0.3) is 0 Å². The standard InChI is InChI=1S/C18H20Cl2N2O5S/c1-26-9-8-22-28(24,25)14-6-7-17(16(20)10-14)27-12-18(23)21-11-13-4-2-3-5-15(13)19/h2-7,10,22H,8-9,11-12H2,1H3,(H,21,23). The number of carbonyl (C=O) groups excluding carboxylic acids is 1. The lowest BCUT2D eigenvalue weighted by Gasteiger charge is -2.11. The average molecular weight is 447 g/mol. The monoisotopic (exact) mass is 446 g/mol. The van der Waals surface area contributed by atoms with Crippen LogP contribution in [0.5, 0.6) is 5.75 Å². The number of amides is 1. The molecular formula is C18H20Cl2N2O5S. The lowest BCUT2D eigenvalue weighted by molar-refractivity contribution is -0.123. The molecule has 0 bridgehead atoms. The minimum atomic E-state index is -3.71. The molecule has 28 heavy (non-hydrogen) atoms. The molecule has 10 heteroatoms. The smallest absolute Gasteiger partial charge is 0.258 e. The van der Waals surface area contributed by atoms with Gasteiger partial charge in [0.1, 0.15) is 5.75 Å². The molecule has 0 heterocycles. The quantitative estimate of drug-likeness (QED) is 0.547. The summed E-state index contributed by atoms with van der Waals surface area (Å²) in [6, 6.07) is 11.2. The van der Waals surface area contributed by atoms with Crippen LogP contribution in [0.3, 0.4) is 0 Å². The first-order valence-electron chi connectivity index (χ1n) is 8.24. The Bertz CT molecular complexity index is 922. The van der Waals surface area contributed by atoms with Crippen molar-refractivity contribution in [2.75, 3.05) is 26.9 Å². The van der Waals surface area contributed by atoms with E-state index in [0.717, 1.165) is 5.56 Å². The maximum atomic E-state index is 12.1. The van der Waals surface area contributed by atoms with Crippen molar-refractivity contribution in [2.45, 2.75) is 11.4 Å². The second-order valence-electron chi connectivity index (χ2n) is 5.64. The Morgan fingerprint density at radius 3 is 2.54 bits per heavy atom. The molecule has 1 amide bonds. The lowest BCUT2D eigenvalue weighted by atomic mass is 10.2. The van der Waals surface area contributed by atoms with Gasteiger partial charge in [0.15, 0.2) is 6.61 Å². The first-order chi connectivity index (χ1) is 13.3. The summed E-state index contributed by atoms with van der Waals surface area (Å²) in [6.07, 6.45) is 0. The number of carbonyl (C=O) groups is 1. The normalized spacial score (nSPS) is 11.2. The summed E-state index contributed by atoms with van der Waals surface area (Å²) in [5, 5.41) is 3.32. The summed E-state index contributed by atoms with van der Waals surface area (Å²) in [6.45, 7) is 0.375. The van der Waals surface area contributed by atoms with Crippen LogP contribution >= 0.6 is 23.2 Å². The van der Waals surface area contributed by atoms with E-state index in [1.807, 2.05) is 6.07 Å². The number of benzene rings is 2. The molecule has 7 nitrogen and oxygen atoms in total. The Morgan fingerprint density at radius 2 is 1.86 bits per heavy atom. The summed E-state index contributed by atoms with van der Waals surface area (Å²) in [4.78, 5) is 11.9. The summed E-state index contributed by atoms with van der Waals surface area (Å²) < 4.78 is 36.8. The van der Waals surface area contributed by atoms with Crippen molar-refractivity contribution in [3.8, 4) is 5.75 Å². The highest BCUT2D eigenvalue weighted by Gasteiger charge is 2.16. The third kappa shape index (κ3) is 6.65. The number of sulfonamides is 1. The predicted octanol–water partition coefficient (Wildman–Crippen LogP) is 2.61. The van der Waals surface area contributed by atoms with Crippen LogP contribution in [0, 0.1) is 0 Å². The van der Waals surface area contributed by atoms with Gasteiger partial charge in [-0.25, -0.2) is 13.1 Å². The van der Waals surface area contributed by atoms with Gasteiger partial charge in [-0.15, -0.1) is 0 Å². The molecule has 2 N–H and O–H groups in total. The molecular weight excluding hydrogens is 427 g/mol. The van der Waals surface area contributed by atoms with Crippen molar-refractivity contribution < 1.29 is 22.7 Å². The molecule has 2 rings (SSSR count). The number of ether oxygens (including phenoxy) is 2. The fourth-order valence-electron chi connectivity index (χ4n) is 2.16. The van der Waals surface area contributed by atoms with Gasteiger partial charge in [-0.1, -0.05) is 41.4 Å². The number of rotatable bonds is 10. The molecule has 0 aliphatic rings. The van der Waals surface area contributed by atoms with Gasteiger partial charge in [0.05, 0.1) is 16.5 Å². The summed E-state index contributed by atoms with van der Waals surface area (Å²) >= 11 is 12.1. The molecule has 2 aromatic carbocycles. The molecule has 0 atom stereocenters. The zero-order valence-corrected chi connectivity index (χ0v) is 17.4. The zero-order valence-electron chi connectivity index (χ0n) is 15.1. The van der Waals surface area contributed by atoms with Crippen molar-refractivity contribution in [1.82, 2.24) is 10.0 Å². The first kappa shape index (κ1) is 22.4. The van der Waals surface area contributed by atoms with Crippen LogP contribution in [0.15, 0.2) is 47.4 Å². The fourth-order valence-corrected chi connectivity index (χ4v) is 3.70. The SMILES string of the molecule is COCCNS(=O)(=O)c1ccc(OCC(=O)NCc2ccccc2Cl)c(Cl)c1. The molecule has 0 radical (unpaired) electrons. The van der Waals surface area contributed by atoms with E-state index < -0.39 is 10.0 Å². The number of nitrogens with one attached hydrogen (secondary N) is 2. The van der Waals surface area contributed by atoms with Gasteiger partial charge in [0, 0.05) is 25.2 Å². The van der Waals surface area contributed by atoms with Crippen molar-refractivity contribution in [2.24, 2.45) is 0 Å². The Labute approximate surface area is 174 Å². The number of hydrogen-bond acceptors (Lipinski definition) is 5. The molecule has 0 unspecified atom stereocenters. The van der Waals surface area contributed by atoms with Crippen molar-refractivity contribution >= 4 is 39.1 Å². The van der Waals surface area contributed by atoms with Crippen LogP contribution in [-0.4, -0.2) is 41.2 Å². The Hall–Kier alpha value is -1.84. The van der Waals surface area contributed by atoms with Gasteiger partial charge in [-0.3, -0.25) is 4.79 Å². The average Bonchev–Trinajstić information content (AvgIpc) is 2.66. The Morgan fingerprint density at radius 1 is 1.11 bits per heavy atom. The highest BCUT2D eigenvalue weighted by atomic mass is 35.5. The maximum Gasteiger partial charge on any atom is 0.258 e. The largest absolute Gasteiger partial charge is 0.482 e. The molecule has 2 aromatic rings. The van der Waals surface area contributed by atoms with E-state index in [1.54, 1.807) is 18.2 Å². The third-order valence-electron chi connectivity index (χ3n) is 3.60. The topological polar surface area (TPSA) is 93.7 Å². The van der Waals surface area contributed by atoms with E-state index in [2.05, 4.69) is 10.0 Å². The summed E-state index contributed by atoms with van der Waals surface area (Å²) in [5.74, 6) is -0.167. The van der Waals surface area contributed by atoms with Gasteiger partial charge < -0.3 is 14.8 Å². The van der Waals surface area contributed by atoms with Crippen LogP contribution < -0.4 is 14.8 Å². The van der Waals surface area contributed by atoms with Crippen molar-refractivity contribution in [3.05, 3.63) is 58.1 Å². The molecule has 152 valence electrons. The Balaban J connectivity index is 1.90. The maximum absolute atomic E-state index is 12.1. The van der Waals surface area contributed by atoms with Crippen LogP contribution in [0.4, 0.5) is 0 Å². The number of hydrogen-bond donors (Lipinski definition) is 2. The minimum Gasteiger partial charge on any atom is -0.482 e. The predicted molar refractivity (Wildman–Crippen MR) is 107 cm³/mol. The second-order valence-corrected chi connectivity index (χ2v) is 8.22. The van der Waals surface area contributed by atoms with Crippen LogP contribution in [0.1, 0.15) is 5.56 Å². The Kier molecular flexibility index (Phi) is 8.53. The zero-order chi connectivity index (χ0) is 20.6. The van der Waals surface area contributed by atoms with Gasteiger partial charge in [-0.2, -0.15) is 0 Å². The second kappa shape index (κ2) is 10.6. The van der Waals surface area contributed by atoms with E-state index in [9.17, 15) is 13.2 Å². The third-order valence-corrected chi connectivity index (χ3v) is 5.73. The molecule has 0 aromatic heterocycles. The lowest BCUT2D eigenvalue weighted by Crippen LogP contribution is -2.28. The van der Waals surface area contributed by atoms with Gasteiger partial charge in [0.2, 0.25) is 10.0 Å². The molecule has 0 saturated heterocycles. The van der Waals surface area contributed by atoms with Crippen molar-refractivity contribution in [1.29, 1.82) is 0 Å². The molecule has 0 saturated carbocycles. The molecule has 0 aliphatic carbocycles. The van der Waals surface area contributed by atoms with E-state index >= 15 is 0 Å². The molecule has 0 fully saturated rings. The van der Waals surface area contributed by atoms with E-state index in [4.69, 9.17) is 32.7 Å². The van der Waals surface area contributed by atoms with E-state index in [1.165, 1.54) is 25.3 Å². The highest BCUT2D eigenvalue weighted by molar-refractivity contribution is 7.89. The number of methoxy groups -OCH3 is 1. The summed E-state index contributed by atoms with van der Waals surface area (Å²) in [5.41, 5.74) is 0.783. The van der Waals surface area contributed by atoms with Gasteiger partial charge in [-0.05, 0) is 29.8 Å². The van der Waals surface area contributed by atoms with Gasteiger partial charge in [0.25, 0.3) is 5.91 Å². The van der Waals surface area contributed by atoms with Crippen LogP contribution in [0.2, 0.25) is 10.0 Å². The van der Waals surface area contributed by atoms with Crippen LogP contribution in [-0.2, 0) is 26.1 Å². The number of halogens is 2. The van der Waals surface area contributed by atoms with E-state index in [-0.39, 0.29) is 47.9 Å². The minimum absolute atomic E-state index is 0.0101. The van der Waals surface area contributed by atoms with E-state index in [0.29, 0.717) is 5.02 Å². The molecule has 0 spiro atoms. The highest BCUT2D eigenvalue weighted by Crippen LogP contribution is 2.27.